The number of aromatic nitrogens is 1. The van der Waals surface area contributed by atoms with Crippen LogP contribution in [0.5, 0.6) is 11.5 Å². The van der Waals surface area contributed by atoms with E-state index in [-0.39, 0.29) is 11.5 Å². The average Bonchev–Trinajstić information content (AvgIpc) is 3.30. The highest BCUT2D eigenvalue weighted by atomic mass is 16.6. The minimum atomic E-state index is -0.637. The molecule has 2 N–H and O–H groups in total. The van der Waals surface area contributed by atoms with Gasteiger partial charge in [-0.15, -0.1) is 0 Å². The summed E-state index contributed by atoms with van der Waals surface area (Å²) in [6, 6.07) is 7.19. The highest BCUT2D eigenvalue weighted by molar-refractivity contribution is 5.98. The number of amidine groups is 1. The van der Waals surface area contributed by atoms with Gasteiger partial charge in [0.25, 0.3) is 0 Å². The van der Waals surface area contributed by atoms with Crippen LogP contribution in [-0.2, 0) is 16.6 Å². The molecule has 3 heterocycles. The number of fused-ring (bicyclic) bond motifs is 1. The van der Waals surface area contributed by atoms with Crippen LogP contribution in [0.2, 0.25) is 0 Å². The highest BCUT2D eigenvalue weighted by Crippen LogP contribution is 2.44. The van der Waals surface area contributed by atoms with Crippen LogP contribution < -0.4 is 20.1 Å². The molecule has 2 aliphatic heterocycles. The Morgan fingerprint density at radius 2 is 2.00 bits per heavy atom. The second kappa shape index (κ2) is 6.99. The largest absolute Gasteiger partial charge is 0.419 e. The number of carbonyl (C=O) groups excluding carboxylic acids is 2. The lowest BCUT2D eigenvalue weighted by Gasteiger charge is -2.20. The molecule has 8 nitrogen and oxygen atoms in total. The van der Waals surface area contributed by atoms with Crippen molar-refractivity contribution >= 4 is 23.5 Å². The number of ether oxygens (including phenoxy) is 2. The van der Waals surface area contributed by atoms with Gasteiger partial charge in [-0.2, -0.15) is 0 Å². The molecule has 2 aliphatic rings. The number of hydrogen-bond donors (Lipinski definition) is 2. The van der Waals surface area contributed by atoms with Crippen LogP contribution in [0, 0.1) is 0 Å². The first-order valence-corrected chi connectivity index (χ1v) is 8.53. The third-order valence-electron chi connectivity index (χ3n) is 4.28. The standard InChI is InChI=1S/C19H18N4O4/c1-23-10-2-3-13(23)18-12(22-11-15-20-8-9-21-15)4-5-14-19(18)27-17(25)7-6-16(24)26-14/h2-7,10,22H,8-9,11H2,1H3,(H,20,21)/b7-6+. The van der Waals surface area contributed by atoms with E-state index < -0.39 is 11.9 Å². The molecule has 4 rings (SSSR count). The van der Waals surface area contributed by atoms with Crippen molar-refractivity contribution in [3.05, 3.63) is 42.6 Å². The molecule has 0 spiro atoms. The van der Waals surface area contributed by atoms with E-state index in [1.54, 1.807) is 12.1 Å². The molecule has 0 amide bonds. The Morgan fingerprint density at radius 1 is 1.19 bits per heavy atom. The quantitative estimate of drug-likeness (QED) is 0.629. The molecule has 0 bridgehead atoms. The van der Waals surface area contributed by atoms with Gasteiger partial charge in [-0.1, -0.05) is 0 Å². The van der Waals surface area contributed by atoms with Gasteiger partial charge in [-0.25, -0.2) is 9.59 Å². The van der Waals surface area contributed by atoms with Crippen molar-refractivity contribution in [2.75, 3.05) is 25.0 Å². The van der Waals surface area contributed by atoms with E-state index in [0.717, 1.165) is 42.5 Å². The number of hydrogen-bond acceptors (Lipinski definition) is 7. The lowest BCUT2D eigenvalue weighted by molar-refractivity contribution is -0.133. The minimum absolute atomic E-state index is 0.191. The van der Waals surface area contributed by atoms with Gasteiger partial charge < -0.3 is 24.7 Å². The zero-order valence-electron chi connectivity index (χ0n) is 14.7. The van der Waals surface area contributed by atoms with Crippen molar-refractivity contribution < 1.29 is 19.1 Å². The van der Waals surface area contributed by atoms with Crippen LogP contribution in [-0.4, -0.2) is 42.0 Å². The number of anilines is 1. The molecule has 27 heavy (non-hydrogen) atoms. The Bertz CT molecular complexity index is 974. The van der Waals surface area contributed by atoms with Crippen molar-refractivity contribution in [3.8, 4) is 22.8 Å². The molecular weight excluding hydrogens is 348 g/mol. The van der Waals surface area contributed by atoms with E-state index in [4.69, 9.17) is 9.47 Å². The third-order valence-corrected chi connectivity index (χ3v) is 4.28. The molecule has 1 aromatic carbocycles. The van der Waals surface area contributed by atoms with E-state index >= 15 is 0 Å². The van der Waals surface area contributed by atoms with Crippen molar-refractivity contribution in [2.24, 2.45) is 12.0 Å². The molecule has 8 heteroatoms. The van der Waals surface area contributed by atoms with Gasteiger partial charge in [-0.05, 0) is 24.3 Å². The molecular formula is C19H18N4O4. The fourth-order valence-electron chi connectivity index (χ4n) is 3.03. The number of benzene rings is 1. The van der Waals surface area contributed by atoms with Crippen molar-refractivity contribution in [2.45, 2.75) is 0 Å². The summed E-state index contributed by atoms with van der Waals surface area (Å²) in [6.45, 7) is 2.08. The molecule has 1 aromatic heterocycles. The Labute approximate surface area is 155 Å². The molecule has 0 radical (unpaired) electrons. The fourth-order valence-corrected chi connectivity index (χ4v) is 3.03. The number of carbonyl (C=O) groups is 2. The van der Waals surface area contributed by atoms with Crippen LogP contribution in [0.15, 0.2) is 47.6 Å². The molecule has 0 aliphatic carbocycles. The zero-order chi connectivity index (χ0) is 18.8. The smallest absolute Gasteiger partial charge is 0.336 e. The minimum Gasteiger partial charge on any atom is -0.419 e. The lowest BCUT2D eigenvalue weighted by Crippen LogP contribution is -2.26. The Balaban J connectivity index is 1.81. The van der Waals surface area contributed by atoms with E-state index in [1.165, 1.54) is 0 Å². The summed E-state index contributed by atoms with van der Waals surface area (Å²) in [5.41, 5.74) is 2.18. The fraction of sp³-hybridized carbons (Fsp3) is 0.211. The van der Waals surface area contributed by atoms with Crippen LogP contribution >= 0.6 is 0 Å². The highest BCUT2D eigenvalue weighted by Gasteiger charge is 2.24. The topological polar surface area (TPSA) is 94.0 Å². The van der Waals surface area contributed by atoms with Gasteiger partial charge in [-0.3, -0.25) is 4.99 Å². The predicted octanol–water partition coefficient (Wildman–Crippen LogP) is 1.49. The number of aliphatic imine (C=N–C) groups is 1. The molecule has 2 aromatic rings. The molecule has 0 unspecified atom stereocenters. The van der Waals surface area contributed by atoms with Crippen molar-refractivity contribution in [1.82, 2.24) is 9.88 Å². The van der Waals surface area contributed by atoms with Gasteiger partial charge in [0.15, 0.2) is 11.5 Å². The maximum absolute atomic E-state index is 12.1. The van der Waals surface area contributed by atoms with Gasteiger partial charge in [0.1, 0.15) is 5.84 Å². The van der Waals surface area contributed by atoms with E-state index in [2.05, 4.69) is 15.6 Å². The monoisotopic (exact) mass is 366 g/mol. The molecule has 0 saturated heterocycles. The van der Waals surface area contributed by atoms with Gasteiger partial charge in [0.05, 0.1) is 24.3 Å². The Morgan fingerprint density at radius 3 is 2.70 bits per heavy atom. The first kappa shape index (κ1) is 16.9. The van der Waals surface area contributed by atoms with Crippen molar-refractivity contribution in [1.29, 1.82) is 0 Å². The summed E-state index contributed by atoms with van der Waals surface area (Å²) < 4.78 is 12.7. The number of nitrogens with one attached hydrogen (secondary N) is 2. The SMILES string of the molecule is Cn1cccc1-c1c(NCC2=NCCN2)ccc2c1OC(=O)/C=C/C(=O)O2. The van der Waals surface area contributed by atoms with Crippen LogP contribution in [0.3, 0.4) is 0 Å². The van der Waals surface area contributed by atoms with E-state index in [0.29, 0.717) is 12.1 Å². The number of esters is 2. The maximum atomic E-state index is 12.1. The molecule has 0 fully saturated rings. The summed E-state index contributed by atoms with van der Waals surface area (Å²) in [5.74, 6) is -0.00849. The second-order valence-electron chi connectivity index (χ2n) is 6.10. The molecule has 0 saturated carbocycles. The zero-order valence-corrected chi connectivity index (χ0v) is 14.7. The van der Waals surface area contributed by atoms with Crippen LogP contribution in [0.4, 0.5) is 5.69 Å². The normalized spacial score (nSPS) is 17.0. The number of rotatable bonds is 4. The van der Waals surface area contributed by atoms with E-state index in [9.17, 15) is 9.59 Å². The van der Waals surface area contributed by atoms with Gasteiger partial charge >= 0.3 is 11.9 Å². The summed E-state index contributed by atoms with van der Waals surface area (Å²) >= 11 is 0. The Kier molecular flexibility index (Phi) is 4.37. The van der Waals surface area contributed by atoms with Crippen LogP contribution in [0.1, 0.15) is 0 Å². The summed E-state index contributed by atoms with van der Waals surface area (Å²) in [6.07, 6.45) is 3.98. The maximum Gasteiger partial charge on any atom is 0.336 e. The van der Waals surface area contributed by atoms with Crippen molar-refractivity contribution in [3.63, 3.8) is 0 Å². The third kappa shape index (κ3) is 3.41. The Hall–Kier alpha value is -3.55. The lowest BCUT2D eigenvalue weighted by atomic mass is 10.1. The summed E-state index contributed by atoms with van der Waals surface area (Å²) in [7, 11) is 1.89. The predicted molar refractivity (Wildman–Crippen MR) is 100 cm³/mol. The van der Waals surface area contributed by atoms with Gasteiger partial charge in [0.2, 0.25) is 0 Å². The number of aryl methyl sites for hydroxylation is 1. The van der Waals surface area contributed by atoms with Gasteiger partial charge in [0, 0.05) is 37.6 Å². The summed E-state index contributed by atoms with van der Waals surface area (Å²) in [4.78, 5) is 28.3. The molecule has 0 atom stereocenters. The van der Waals surface area contributed by atoms with E-state index in [1.807, 2.05) is 29.9 Å². The van der Waals surface area contributed by atoms with Crippen LogP contribution in [0.25, 0.3) is 11.3 Å². The first-order valence-electron chi connectivity index (χ1n) is 8.53. The first-order chi connectivity index (χ1) is 13.1. The summed E-state index contributed by atoms with van der Waals surface area (Å²) in [5, 5.41) is 6.53. The second-order valence-corrected chi connectivity index (χ2v) is 6.10. The average molecular weight is 366 g/mol. The number of nitrogens with zero attached hydrogens (tertiary/aromatic N) is 2. The molecule has 138 valence electrons.